The van der Waals surface area contributed by atoms with Crippen LogP contribution in [0, 0.1) is 6.92 Å². The number of carbonyl (C=O) groups is 1. The lowest BCUT2D eigenvalue weighted by atomic mass is 10.1. The number of carbonyl (C=O) groups excluding carboxylic acids is 1. The summed E-state index contributed by atoms with van der Waals surface area (Å²) in [6.45, 7) is 4.24. The lowest BCUT2D eigenvalue weighted by Crippen LogP contribution is -2.17. The molecule has 0 saturated carbocycles. The van der Waals surface area contributed by atoms with Gasteiger partial charge >= 0.3 is 0 Å². The Bertz CT molecular complexity index is 791. The lowest BCUT2D eigenvalue weighted by molar-refractivity contribution is 0.102. The Kier molecular flexibility index (Phi) is 3.69. The van der Waals surface area contributed by atoms with Gasteiger partial charge in [0, 0.05) is 12.1 Å². The largest absolute Gasteiger partial charge is 0.360 e. The number of hydrogen-bond acceptors (Lipinski definition) is 5. The molecule has 0 unspecified atom stereocenters. The maximum Gasteiger partial charge on any atom is 0.263 e. The molecule has 3 aromatic rings. The number of hydrogen-bond donors (Lipinski definition) is 1. The standard InChI is InChI=1S/C15H15N5O2/c1-3-20-15(16-9-17-20)18-14(21)12-10(2)22-19-13(12)11-7-5-4-6-8-11/h4-9H,3H2,1-2H3,(H,16,17,18,21). The minimum atomic E-state index is -0.319. The molecule has 0 spiro atoms. The first-order valence-corrected chi connectivity index (χ1v) is 6.91. The molecule has 2 aromatic heterocycles. The zero-order valence-electron chi connectivity index (χ0n) is 12.3. The minimum absolute atomic E-state index is 0.319. The van der Waals surface area contributed by atoms with Crippen LogP contribution in [0.4, 0.5) is 5.95 Å². The van der Waals surface area contributed by atoms with E-state index in [0.29, 0.717) is 29.5 Å². The third kappa shape index (κ3) is 2.48. The molecular weight excluding hydrogens is 282 g/mol. The number of nitrogens with one attached hydrogen (secondary N) is 1. The molecule has 0 aliphatic carbocycles. The Hall–Kier alpha value is -2.96. The average molecular weight is 297 g/mol. The second-order valence-electron chi connectivity index (χ2n) is 4.68. The number of amides is 1. The third-order valence-corrected chi connectivity index (χ3v) is 3.28. The van der Waals surface area contributed by atoms with E-state index in [1.54, 1.807) is 11.6 Å². The fraction of sp³-hybridized carbons (Fsp3) is 0.200. The number of aryl methyl sites for hydroxylation is 2. The van der Waals surface area contributed by atoms with Crippen LogP contribution in [0.25, 0.3) is 11.3 Å². The monoisotopic (exact) mass is 297 g/mol. The van der Waals surface area contributed by atoms with Crippen LogP contribution in [0.1, 0.15) is 23.0 Å². The summed E-state index contributed by atoms with van der Waals surface area (Å²) in [5.41, 5.74) is 1.73. The van der Waals surface area contributed by atoms with Gasteiger partial charge in [-0.15, -0.1) is 0 Å². The van der Waals surface area contributed by atoms with Crippen LogP contribution in [0.3, 0.4) is 0 Å². The number of benzene rings is 1. The molecule has 0 saturated heterocycles. The van der Waals surface area contributed by atoms with Crippen molar-refractivity contribution in [2.45, 2.75) is 20.4 Å². The number of anilines is 1. The third-order valence-electron chi connectivity index (χ3n) is 3.28. The maximum atomic E-state index is 12.6. The summed E-state index contributed by atoms with van der Waals surface area (Å²) in [5.74, 6) is 0.534. The van der Waals surface area contributed by atoms with E-state index in [2.05, 4.69) is 20.6 Å². The average Bonchev–Trinajstić information content (AvgIpc) is 3.14. The van der Waals surface area contributed by atoms with Gasteiger partial charge in [0.15, 0.2) is 0 Å². The maximum absolute atomic E-state index is 12.6. The second kappa shape index (κ2) is 5.80. The summed E-state index contributed by atoms with van der Waals surface area (Å²) in [4.78, 5) is 16.6. The van der Waals surface area contributed by atoms with Gasteiger partial charge in [0.1, 0.15) is 23.3 Å². The molecule has 2 heterocycles. The molecule has 0 fully saturated rings. The van der Waals surface area contributed by atoms with Gasteiger partial charge in [-0.25, -0.2) is 4.68 Å². The van der Waals surface area contributed by atoms with Crippen LogP contribution in [-0.4, -0.2) is 25.8 Å². The van der Waals surface area contributed by atoms with Crippen LogP contribution in [-0.2, 0) is 6.54 Å². The zero-order chi connectivity index (χ0) is 15.5. The van der Waals surface area contributed by atoms with E-state index in [4.69, 9.17) is 4.52 Å². The summed E-state index contributed by atoms with van der Waals surface area (Å²) >= 11 is 0. The van der Waals surface area contributed by atoms with Crippen LogP contribution in [0.2, 0.25) is 0 Å². The van der Waals surface area contributed by atoms with E-state index < -0.39 is 0 Å². The minimum Gasteiger partial charge on any atom is -0.360 e. The molecule has 0 bridgehead atoms. The van der Waals surface area contributed by atoms with Crippen molar-refractivity contribution in [1.29, 1.82) is 0 Å². The van der Waals surface area contributed by atoms with Crippen LogP contribution >= 0.6 is 0 Å². The fourth-order valence-corrected chi connectivity index (χ4v) is 2.19. The Morgan fingerprint density at radius 3 is 2.82 bits per heavy atom. The van der Waals surface area contributed by atoms with Crippen LogP contribution in [0.15, 0.2) is 41.2 Å². The predicted octanol–water partition coefficient (Wildman–Crippen LogP) is 2.51. The molecule has 112 valence electrons. The zero-order valence-corrected chi connectivity index (χ0v) is 12.3. The van der Waals surface area contributed by atoms with E-state index >= 15 is 0 Å². The molecule has 0 atom stereocenters. The van der Waals surface area contributed by atoms with Crippen molar-refractivity contribution in [2.24, 2.45) is 0 Å². The first kappa shape index (κ1) is 14.0. The van der Waals surface area contributed by atoms with Crippen molar-refractivity contribution >= 4 is 11.9 Å². The summed E-state index contributed by atoms with van der Waals surface area (Å²) in [6.07, 6.45) is 1.40. The highest BCUT2D eigenvalue weighted by Gasteiger charge is 2.22. The van der Waals surface area contributed by atoms with Crippen LogP contribution < -0.4 is 5.32 Å². The van der Waals surface area contributed by atoms with Crippen molar-refractivity contribution in [2.75, 3.05) is 5.32 Å². The van der Waals surface area contributed by atoms with Gasteiger partial charge in [-0.2, -0.15) is 10.1 Å². The summed E-state index contributed by atoms with van der Waals surface area (Å²) in [7, 11) is 0. The molecule has 0 aliphatic heterocycles. The van der Waals surface area contributed by atoms with Gasteiger partial charge in [-0.05, 0) is 13.8 Å². The molecule has 1 N–H and O–H groups in total. The van der Waals surface area contributed by atoms with Crippen molar-refractivity contribution in [3.05, 3.63) is 48.0 Å². The van der Waals surface area contributed by atoms with Gasteiger partial charge in [0.05, 0.1) is 0 Å². The topological polar surface area (TPSA) is 85.8 Å². The predicted molar refractivity (Wildman–Crippen MR) is 80.3 cm³/mol. The SMILES string of the molecule is CCn1ncnc1NC(=O)c1c(-c2ccccc2)noc1C. The first-order valence-electron chi connectivity index (χ1n) is 6.91. The van der Waals surface area contributed by atoms with Gasteiger partial charge in [-0.1, -0.05) is 35.5 Å². The quantitative estimate of drug-likeness (QED) is 0.799. The van der Waals surface area contributed by atoms with E-state index in [0.717, 1.165) is 5.56 Å². The Labute approximate surface area is 127 Å². The van der Waals surface area contributed by atoms with Gasteiger partial charge in [-0.3, -0.25) is 10.1 Å². The van der Waals surface area contributed by atoms with Gasteiger partial charge < -0.3 is 4.52 Å². The number of rotatable bonds is 4. The van der Waals surface area contributed by atoms with Crippen molar-refractivity contribution in [3.63, 3.8) is 0 Å². The molecule has 7 heteroatoms. The number of aromatic nitrogens is 4. The smallest absolute Gasteiger partial charge is 0.263 e. The lowest BCUT2D eigenvalue weighted by Gasteiger charge is -2.06. The molecule has 7 nitrogen and oxygen atoms in total. The molecule has 0 aliphatic rings. The first-order chi connectivity index (χ1) is 10.7. The van der Waals surface area contributed by atoms with E-state index in [9.17, 15) is 4.79 Å². The summed E-state index contributed by atoms with van der Waals surface area (Å²) < 4.78 is 6.79. The van der Waals surface area contributed by atoms with Gasteiger partial charge in [0.25, 0.3) is 5.91 Å². The molecule has 1 amide bonds. The highest BCUT2D eigenvalue weighted by atomic mass is 16.5. The van der Waals surface area contributed by atoms with E-state index in [1.807, 2.05) is 37.3 Å². The molecule has 1 aromatic carbocycles. The molecule has 0 radical (unpaired) electrons. The van der Waals surface area contributed by atoms with Crippen molar-refractivity contribution < 1.29 is 9.32 Å². The normalized spacial score (nSPS) is 10.6. The molecule has 22 heavy (non-hydrogen) atoms. The molecule has 3 rings (SSSR count). The van der Waals surface area contributed by atoms with Crippen LogP contribution in [0.5, 0.6) is 0 Å². The van der Waals surface area contributed by atoms with Gasteiger partial charge in [0.2, 0.25) is 5.95 Å². The van der Waals surface area contributed by atoms with E-state index in [1.165, 1.54) is 6.33 Å². The second-order valence-corrected chi connectivity index (χ2v) is 4.68. The fourth-order valence-electron chi connectivity index (χ4n) is 2.19. The van der Waals surface area contributed by atoms with Crippen molar-refractivity contribution in [1.82, 2.24) is 19.9 Å². The highest BCUT2D eigenvalue weighted by molar-refractivity contribution is 6.08. The number of nitrogens with zero attached hydrogens (tertiary/aromatic N) is 4. The van der Waals surface area contributed by atoms with Crippen molar-refractivity contribution in [3.8, 4) is 11.3 Å². The summed E-state index contributed by atoms with van der Waals surface area (Å²) in [5, 5.41) is 10.8. The Balaban J connectivity index is 1.95. The van der Waals surface area contributed by atoms with E-state index in [-0.39, 0.29) is 5.91 Å². The summed E-state index contributed by atoms with van der Waals surface area (Å²) in [6, 6.07) is 9.43. The Morgan fingerprint density at radius 1 is 1.32 bits per heavy atom. The Morgan fingerprint density at radius 2 is 2.09 bits per heavy atom. The molecular formula is C15H15N5O2. The highest BCUT2D eigenvalue weighted by Crippen LogP contribution is 2.25.